The van der Waals surface area contributed by atoms with E-state index in [0.717, 1.165) is 67.3 Å². The van der Waals surface area contributed by atoms with Crippen LogP contribution in [0.1, 0.15) is 48.3 Å². The molecule has 0 saturated carbocycles. The smallest absolute Gasteiger partial charge is 0.274 e. The van der Waals surface area contributed by atoms with Gasteiger partial charge in [-0.1, -0.05) is 44.2 Å². The molecular formula is C31H38N4O3S. The van der Waals surface area contributed by atoms with Gasteiger partial charge >= 0.3 is 0 Å². The van der Waals surface area contributed by atoms with E-state index in [9.17, 15) is 4.79 Å². The second-order valence-corrected chi connectivity index (χ2v) is 12.2. The average molecular weight is 547 g/mol. The first-order chi connectivity index (χ1) is 19.1. The molecule has 0 aliphatic carbocycles. The fourth-order valence-corrected chi connectivity index (χ4v) is 6.69. The van der Waals surface area contributed by atoms with E-state index in [1.54, 1.807) is 11.8 Å². The molecule has 8 heteroatoms. The lowest BCUT2D eigenvalue weighted by Crippen LogP contribution is -2.41. The van der Waals surface area contributed by atoms with E-state index >= 15 is 0 Å². The second-order valence-electron chi connectivity index (χ2n) is 11.1. The Kier molecular flexibility index (Phi) is 8.07. The third kappa shape index (κ3) is 5.80. The first-order valence-electron chi connectivity index (χ1n) is 14.2. The molecule has 0 spiro atoms. The molecule has 1 amide bonds. The highest BCUT2D eigenvalue weighted by molar-refractivity contribution is 7.98. The number of thioether (sulfide) groups is 1. The van der Waals surface area contributed by atoms with Gasteiger partial charge in [-0.25, -0.2) is 4.68 Å². The number of amides is 1. The van der Waals surface area contributed by atoms with Gasteiger partial charge in [-0.15, -0.1) is 11.8 Å². The molecule has 0 radical (unpaired) electrons. The van der Waals surface area contributed by atoms with Crippen LogP contribution in [0.5, 0.6) is 0 Å². The highest BCUT2D eigenvalue weighted by atomic mass is 32.2. The quantitative estimate of drug-likeness (QED) is 0.385. The predicted molar refractivity (Wildman–Crippen MR) is 154 cm³/mol. The Labute approximate surface area is 235 Å². The fraction of sp³-hybridized carbons (Fsp3) is 0.484. The summed E-state index contributed by atoms with van der Waals surface area (Å²) in [5.41, 5.74) is 6.03. The van der Waals surface area contributed by atoms with Crippen LogP contribution in [0.25, 0.3) is 16.9 Å². The van der Waals surface area contributed by atoms with Crippen LogP contribution in [0, 0.1) is 5.92 Å². The summed E-state index contributed by atoms with van der Waals surface area (Å²) in [5, 5.41) is 4.96. The third-order valence-electron chi connectivity index (χ3n) is 7.86. The zero-order chi connectivity index (χ0) is 26.8. The van der Waals surface area contributed by atoms with E-state index < -0.39 is 0 Å². The second kappa shape index (κ2) is 11.8. The van der Waals surface area contributed by atoms with Crippen molar-refractivity contribution in [2.45, 2.75) is 50.0 Å². The summed E-state index contributed by atoms with van der Waals surface area (Å²) in [6.07, 6.45) is 2.57. The van der Waals surface area contributed by atoms with Crippen LogP contribution >= 0.6 is 11.8 Å². The molecule has 1 aromatic heterocycles. The van der Waals surface area contributed by atoms with Gasteiger partial charge in [0.2, 0.25) is 0 Å². The molecule has 0 bridgehead atoms. The van der Waals surface area contributed by atoms with Crippen LogP contribution in [0.3, 0.4) is 0 Å². The topological polar surface area (TPSA) is 59.8 Å². The summed E-state index contributed by atoms with van der Waals surface area (Å²) in [6, 6.07) is 17.1. The van der Waals surface area contributed by atoms with E-state index in [0.29, 0.717) is 44.0 Å². The van der Waals surface area contributed by atoms with Gasteiger partial charge in [0.1, 0.15) is 0 Å². The van der Waals surface area contributed by atoms with E-state index in [-0.39, 0.29) is 5.91 Å². The maximum Gasteiger partial charge on any atom is 0.274 e. The SMILES string of the molecule is CC(C)CCOC1CCN(Cc2ccc(-n3nc(C(=O)N4CCOCC4)c4c3-c3ccccc3SC4)cc2)C1. The largest absolute Gasteiger partial charge is 0.378 e. The zero-order valence-electron chi connectivity index (χ0n) is 23.0. The van der Waals surface area contributed by atoms with Crippen LogP contribution in [0.15, 0.2) is 53.4 Å². The normalized spacial score (nSPS) is 19.4. The molecule has 3 aliphatic heterocycles. The number of carbonyl (C=O) groups excluding carboxylic acids is 1. The van der Waals surface area contributed by atoms with E-state index in [1.165, 1.54) is 10.5 Å². The number of benzene rings is 2. The van der Waals surface area contributed by atoms with Gasteiger partial charge in [0.15, 0.2) is 5.69 Å². The number of hydrogen-bond donors (Lipinski definition) is 0. The van der Waals surface area contributed by atoms with Gasteiger partial charge < -0.3 is 14.4 Å². The Morgan fingerprint density at radius 1 is 1.10 bits per heavy atom. The van der Waals surface area contributed by atoms with Crippen molar-refractivity contribution in [1.29, 1.82) is 0 Å². The maximum absolute atomic E-state index is 13.6. The van der Waals surface area contributed by atoms with Crippen molar-refractivity contribution in [1.82, 2.24) is 19.6 Å². The summed E-state index contributed by atoms with van der Waals surface area (Å²) >= 11 is 1.78. The number of aromatic nitrogens is 2. The van der Waals surface area contributed by atoms with Gasteiger partial charge in [0.25, 0.3) is 5.91 Å². The van der Waals surface area contributed by atoms with Crippen LogP contribution in [-0.4, -0.2) is 77.6 Å². The minimum atomic E-state index is 0.00380. The average Bonchev–Trinajstić information content (AvgIpc) is 3.58. The lowest BCUT2D eigenvalue weighted by Gasteiger charge is -2.26. The molecule has 3 aliphatic rings. The Morgan fingerprint density at radius 3 is 2.69 bits per heavy atom. The first-order valence-corrected chi connectivity index (χ1v) is 15.2. The lowest BCUT2D eigenvalue weighted by atomic mass is 10.0. The predicted octanol–water partition coefficient (Wildman–Crippen LogP) is 5.25. The highest BCUT2D eigenvalue weighted by Gasteiger charge is 2.32. The maximum atomic E-state index is 13.6. The monoisotopic (exact) mass is 546 g/mol. The van der Waals surface area contributed by atoms with Crippen molar-refractivity contribution >= 4 is 17.7 Å². The van der Waals surface area contributed by atoms with E-state index in [1.807, 2.05) is 9.58 Å². The molecule has 4 heterocycles. The molecule has 2 saturated heterocycles. The molecular weight excluding hydrogens is 508 g/mol. The van der Waals surface area contributed by atoms with Crippen molar-refractivity contribution in [2.24, 2.45) is 5.92 Å². The highest BCUT2D eigenvalue weighted by Crippen LogP contribution is 2.43. The van der Waals surface area contributed by atoms with Crippen LogP contribution in [0.2, 0.25) is 0 Å². The molecule has 7 nitrogen and oxygen atoms in total. The summed E-state index contributed by atoms with van der Waals surface area (Å²) < 4.78 is 13.6. The molecule has 2 fully saturated rings. The van der Waals surface area contributed by atoms with Gasteiger partial charge in [-0.05, 0) is 42.5 Å². The Morgan fingerprint density at radius 2 is 1.90 bits per heavy atom. The summed E-state index contributed by atoms with van der Waals surface area (Å²) in [7, 11) is 0. The van der Waals surface area contributed by atoms with Crippen LogP contribution < -0.4 is 0 Å². The van der Waals surface area contributed by atoms with Crippen LogP contribution in [-0.2, 0) is 21.8 Å². The van der Waals surface area contributed by atoms with Crippen molar-refractivity contribution in [3.63, 3.8) is 0 Å². The van der Waals surface area contributed by atoms with Gasteiger partial charge in [0.05, 0.1) is 30.7 Å². The minimum absolute atomic E-state index is 0.00380. The number of morpholine rings is 1. The molecule has 2 aromatic carbocycles. The molecule has 206 valence electrons. The summed E-state index contributed by atoms with van der Waals surface area (Å²) in [4.78, 5) is 19.2. The Balaban J connectivity index is 1.23. The molecule has 6 rings (SSSR count). The van der Waals surface area contributed by atoms with E-state index in [4.69, 9.17) is 14.6 Å². The molecule has 0 N–H and O–H groups in total. The van der Waals surface area contributed by atoms with Gasteiger partial charge in [0, 0.05) is 61.1 Å². The summed E-state index contributed by atoms with van der Waals surface area (Å²) in [6.45, 7) is 10.7. The standard InChI is InChI=1S/C31H38N4O3S/c1-22(2)12-16-38-25-11-13-33(20-25)19-23-7-9-24(10-8-23)35-30-26-5-3-4-6-28(26)39-21-27(30)29(32-35)31(36)34-14-17-37-18-15-34/h3-10,22,25H,11-21H2,1-2H3. The fourth-order valence-electron chi connectivity index (χ4n) is 5.62. The molecule has 1 atom stereocenters. The van der Waals surface area contributed by atoms with Crippen molar-refractivity contribution in [2.75, 3.05) is 46.0 Å². The van der Waals surface area contributed by atoms with Crippen molar-refractivity contribution in [3.8, 4) is 16.9 Å². The number of fused-ring (bicyclic) bond motifs is 3. The molecule has 39 heavy (non-hydrogen) atoms. The number of ether oxygens (including phenoxy) is 2. The minimum Gasteiger partial charge on any atom is -0.378 e. The zero-order valence-corrected chi connectivity index (χ0v) is 23.8. The summed E-state index contributed by atoms with van der Waals surface area (Å²) in [5.74, 6) is 1.43. The van der Waals surface area contributed by atoms with Gasteiger partial charge in [-0.2, -0.15) is 5.10 Å². The van der Waals surface area contributed by atoms with Gasteiger partial charge in [-0.3, -0.25) is 9.69 Å². The number of carbonyl (C=O) groups is 1. The third-order valence-corrected chi connectivity index (χ3v) is 8.96. The number of likely N-dealkylation sites (tertiary alicyclic amines) is 1. The Hall–Kier alpha value is -2.65. The van der Waals surface area contributed by atoms with Crippen molar-refractivity contribution < 1.29 is 14.3 Å². The number of rotatable bonds is 8. The van der Waals surface area contributed by atoms with Crippen molar-refractivity contribution in [3.05, 3.63) is 65.4 Å². The molecule has 1 unspecified atom stereocenters. The Bertz CT molecular complexity index is 1300. The first kappa shape index (κ1) is 26.6. The number of hydrogen-bond acceptors (Lipinski definition) is 6. The lowest BCUT2D eigenvalue weighted by molar-refractivity contribution is 0.0298. The number of nitrogens with zero attached hydrogens (tertiary/aromatic N) is 4. The van der Waals surface area contributed by atoms with E-state index in [2.05, 4.69) is 67.3 Å². The van der Waals surface area contributed by atoms with Crippen LogP contribution in [0.4, 0.5) is 0 Å². The molecule has 3 aromatic rings.